The van der Waals surface area contributed by atoms with Gasteiger partial charge in [-0.15, -0.1) is 0 Å². The summed E-state index contributed by atoms with van der Waals surface area (Å²) in [5, 5.41) is 0. The minimum atomic E-state index is -2.60. The Bertz CT molecular complexity index is 242. The van der Waals surface area contributed by atoms with Crippen molar-refractivity contribution < 1.29 is 13.5 Å². The molecule has 1 aromatic heterocycles. The van der Waals surface area contributed by atoms with Crippen molar-refractivity contribution in [3.05, 3.63) is 18.1 Å². The summed E-state index contributed by atoms with van der Waals surface area (Å²) in [5.74, 6) is 0.0998. The van der Waals surface area contributed by atoms with Gasteiger partial charge in [-0.3, -0.25) is 4.98 Å². The molecule has 0 radical (unpaired) electrons. The normalized spacial score (nSPS) is 10.2. The maximum absolute atomic E-state index is 11.9. The third-order valence-corrected chi connectivity index (χ3v) is 1.06. The predicted octanol–water partition coefficient (Wildman–Crippen LogP) is 1.42. The summed E-state index contributed by atoms with van der Waals surface area (Å²) in [6, 6.07) is 0. The van der Waals surface area contributed by atoms with Gasteiger partial charge in [0.1, 0.15) is 5.69 Å². The molecule has 60 valence electrons. The molecule has 0 fully saturated rings. The first kappa shape index (κ1) is 7.84. The van der Waals surface area contributed by atoms with E-state index in [1.807, 2.05) is 0 Å². The van der Waals surface area contributed by atoms with Crippen molar-refractivity contribution in [2.45, 2.75) is 6.43 Å². The van der Waals surface area contributed by atoms with Crippen LogP contribution in [0.15, 0.2) is 12.4 Å². The number of hydrogen-bond acceptors (Lipinski definition) is 3. The molecular formula is C6H6F2N2O. The van der Waals surface area contributed by atoms with Gasteiger partial charge in [0.2, 0.25) is 5.88 Å². The summed E-state index contributed by atoms with van der Waals surface area (Å²) < 4.78 is 28.4. The van der Waals surface area contributed by atoms with Crippen LogP contribution in [0.3, 0.4) is 0 Å². The maximum atomic E-state index is 11.9. The van der Waals surface area contributed by atoms with E-state index in [0.717, 1.165) is 6.20 Å². The van der Waals surface area contributed by atoms with Gasteiger partial charge in [0, 0.05) is 0 Å². The first-order valence-corrected chi connectivity index (χ1v) is 2.88. The lowest BCUT2D eigenvalue weighted by atomic mass is 10.5. The lowest BCUT2D eigenvalue weighted by Crippen LogP contribution is -1.94. The van der Waals surface area contributed by atoms with Crippen LogP contribution in [0, 0.1) is 0 Å². The largest absolute Gasteiger partial charge is 0.480 e. The molecule has 1 aromatic rings. The highest BCUT2D eigenvalue weighted by atomic mass is 19.3. The Morgan fingerprint density at radius 2 is 2.18 bits per heavy atom. The Labute approximate surface area is 62.0 Å². The second-order valence-corrected chi connectivity index (χ2v) is 1.79. The molecule has 0 saturated heterocycles. The lowest BCUT2D eigenvalue weighted by Gasteiger charge is -1.99. The lowest BCUT2D eigenvalue weighted by molar-refractivity contribution is 0.144. The summed E-state index contributed by atoms with van der Waals surface area (Å²) in [6.45, 7) is 0. The van der Waals surface area contributed by atoms with Crippen LogP contribution in [0.25, 0.3) is 0 Å². The van der Waals surface area contributed by atoms with Crippen LogP contribution in [0.5, 0.6) is 5.88 Å². The number of methoxy groups -OCH3 is 1. The fraction of sp³-hybridized carbons (Fsp3) is 0.333. The van der Waals surface area contributed by atoms with Crippen LogP contribution in [-0.4, -0.2) is 17.1 Å². The monoisotopic (exact) mass is 160 g/mol. The van der Waals surface area contributed by atoms with Gasteiger partial charge in [0.15, 0.2) is 0 Å². The van der Waals surface area contributed by atoms with E-state index in [9.17, 15) is 8.78 Å². The molecule has 1 rings (SSSR count). The van der Waals surface area contributed by atoms with Gasteiger partial charge in [0.25, 0.3) is 6.43 Å². The first-order valence-electron chi connectivity index (χ1n) is 2.88. The van der Waals surface area contributed by atoms with Gasteiger partial charge in [-0.1, -0.05) is 0 Å². The molecule has 1 heterocycles. The molecule has 11 heavy (non-hydrogen) atoms. The second kappa shape index (κ2) is 3.23. The van der Waals surface area contributed by atoms with Crippen molar-refractivity contribution in [1.29, 1.82) is 0 Å². The van der Waals surface area contributed by atoms with E-state index in [0.29, 0.717) is 0 Å². The van der Waals surface area contributed by atoms with E-state index < -0.39 is 6.43 Å². The molecule has 3 nitrogen and oxygen atoms in total. The van der Waals surface area contributed by atoms with Gasteiger partial charge >= 0.3 is 0 Å². The van der Waals surface area contributed by atoms with Gasteiger partial charge in [0.05, 0.1) is 19.5 Å². The highest BCUT2D eigenvalue weighted by Gasteiger charge is 2.09. The maximum Gasteiger partial charge on any atom is 0.282 e. The average molecular weight is 160 g/mol. The zero-order valence-corrected chi connectivity index (χ0v) is 5.79. The van der Waals surface area contributed by atoms with Gasteiger partial charge in [-0.2, -0.15) is 0 Å². The number of hydrogen-bond donors (Lipinski definition) is 0. The van der Waals surface area contributed by atoms with Crippen molar-refractivity contribution in [3.63, 3.8) is 0 Å². The highest BCUT2D eigenvalue weighted by Crippen LogP contribution is 2.16. The van der Waals surface area contributed by atoms with Gasteiger partial charge in [-0.05, 0) is 0 Å². The molecule has 0 spiro atoms. The third kappa shape index (κ3) is 1.83. The second-order valence-electron chi connectivity index (χ2n) is 1.79. The highest BCUT2D eigenvalue weighted by molar-refractivity contribution is 5.08. The SMILES string of the molecule is COc1cncc(C(F)F)n1. The molecule has 0 amide bonds. The average Bonchev–Trinajstić information content (AvgIpc) is 2.05. The number of rotatable bonds is 2. The topological polar surface area (TPSA) is 35.0 Å². The standard InChI is InChI=1S/C6H6F2N2O/c1-11-5-3-9-2-4(10-5)6(7)8/h2-3,6H,1H3. The number of ether oxygens (including phenoxy) is 1. The summed E-state index contributed by atoms with van der Waals surface area (Å²) in [6.07, 6.45) is -0.323. The summed E-state index contributed by atoms with van der Waals surface area (Å²) >= 11 is 0. The fourth-order valence-electron chi connectivity index (χ4n) is 0.566. The summed E-state index contributed by atoms with van der Waals surface area (Å²) in [4.78, 5) is 6.97. The van der Waals surface area contributed by atoms with E-state index in [-0.39, 0.29) is 11.6 Å². The minimum Gasteiger partial charge on any atom is -0.480 e. The number of aromatic nitrogens is 2. The number of halogens is 2. The minimum absolute atomic E-state index is 0.0998. The summed E-state index contributed by atoms with van der Waals surface area (Å²) in [7, 11) is 1.35. The van der Waals surface area contributed by atoms with E-state index in [1.165, 1.54) is 13.3 Å². The van der Waals surface area contributed by atoms with Crippen molar-refractivity contribution >= 4 is 0 Å². The molecule has 0 aliphatic carbocycles. The predicted molar refractivity (Wildman–Crippen MR) is 33.5 cm³/mol. The molecule has 0 aromatic carbocycles. The van der Waals surface area contributed by atoms with E-state index in [2.05, 4.69) is 14.7 Å². The van der Waals surface area contributed by atoms with Crippen molar-refractivity contribution in [3.8, 4) is 5.88 Å². The summed E-state index contributed by atoms with van der Waals surface area (Å²) in [5.41, 5.74) is -0.371. The molecule has 0 unspecified atom stereocenters. The number of alkyl halides is 2. The Morgan fingerprint density at radius 3 is 2.73 bits per heavy atom. The van der Waals surface area contributed by atoms with Gasteiger partial charge in [-0.25, -0.2) is 13.8 Å². The van der Waals surface area contributed by atoms with E-state index in [4.69, 9.17) is 0 Å². The van der Waals surface area contributed by atoms with Crippen LogP contribution < -0.4 is 4.74 Å². The van der Waals surface area contributed by atoms with Crippen LogP contribution in [0.2, 0.25) is 0 Å². The fourth-order valence-corrected chi connectivity index (χ4v) is 0.566. The van der Waals surface area contributed by atoms with Crippen molar-refractivity contribution in [2.75, 3.05) is 7.11 Å². The Hall–Kier alpha value is -1.26. The van der Waals surface area contributed by atoms with Crippen LogP contribution >= 0.6 is 0 Å². The van der Waals surface area contributed by atoms with Crippen LogP contribution in [0.1, 0.15) is 12.1 Å². The molecule has 0 bridgehead atoms. The first-order chi connectivity index (χ1) is 5.24. The van der Waals surface area contributed by atoms with Crippen LogP contribution in [0.4, 0.5) is 8.78 Å². The Balaban J connectivity index is 2.91. The van der Waals surface area contributed by atoms with Gasteiger partial charge < -0.3 is 4.74 Å². The molecular weight excluding hydrogens is 154 g/mol. The van der Waals surface area contributed by atoms with Crippen molar-refractivity contribution in [2.24, 2.45) is 0 Å². The Morgan fingerprint density at radius 1 is 1.45 bits per heavy atom. The number of nitrogens with zero attached hydrogens (tertiary/aromatic N) is 2. The van der Waals surface area contributed by atoms with E-state index in [1.54, 1.807) is 0 Å². The third-order valence-electron chi connectivity index (χ3n) is 1.06. The Kier molecular flexibility index (Phi) is 2.30. The van der Waals surface area contributed by atoms with Crippen molar-refractivity contribution in [1.82, 2.24) is 9.97 Å². The molecule has 5 heteroatoms. The zero-order valence-electron chi connectivity index (χ0n) is 5.79. The smallest absolute Gasteiger partial charge is 0.282 e. The molecule has 0 atom stereocenters. The molecule has 0 aliphatic heterocycles. The molecule has 0 N–H and O–H groups in total. The molecule has 0 saturated carbocycles. The van der Waals surface area contributed by atoms with E-state index >= 15 is 0 Å². The van der Waals surface area contributed by atoms with Crippen LogP contribution in [-0.2, 0) is 0 Å². The quantitative estimate of drug-likeness (QED) is 0.656. The molecule has 0 aliphatic rings. The zero-order chi connectivity index (χ0) is 8.27.